The monoisotopic (exact) mass is 500 g/mol. The van der Waals surface area contributed by atoms with Gasteiger partial charge in [-0.2, -0.15) is 0 Å². The third kappa shape index (κ3) is 3.47. The molecule has 0 atom stereocenters. The smallest absolute Gasteiger partial charge is 0.0529 e. The second-order valence-electron chi connectivity index (χ2n) is 8.54. The van der Waals surface area contributed by atoms with E-state index in [2.05, 4.69) is 119 Å². The van der Waals surface area contributed by atoms with Gasteiger partial charge < -0.3 is 0 Å². The van der Waals surface area contributed by atoms with Gasteiger partial charge in [0.15, 0.2) is 0 Å². The number of hydrogen-bond donors (Lipinski definition) is 0. The van der Waals surface area contributed by atoms with Gasteiger partial charge >= 0.3 is 0 Å². The summed E-state index contributed by atoms with van der Waals surface area (Å²) < 4.78 is 0. The first-order valence-corrected chi connectivity index (χ1v) is 14.2. The standard InChI is InChI=1S/C20H12.C12H8S3/c1-5-13-6-2-11-17-18-12-4-8-14-7-3-10-16(20(14)18)15(9-1)19(13)17;1-3-10(13-6-1)9-5-8-15-12(9)11-4-2-7-14-11/h1-12H;1-8H. The fraction of sp³-hybridized carbons (Fsp3) is 0. The quantitative estimate of drug-likeness (QED) is 0.163. The normalized spacial score (nSPS) is 11.4. The van der Waals surface area contributed by atoms with Gasteiger partial charge in [-0.3, -0.25) is 0 Å². The van der Waals surface area contributed by atoms with Crippen LogP contribution < -0.4 is 0 Å². The molecule has 0 bridgehead atoms. The summed E-state index contributed by atoms with van der Waals surface area (Å²) in [6.45, 7) is 0. The Labute approximate surface area is 215 Å². The van der Waals surface area contributed by atoms with Crippen molar-refractivity contribution in [3.05, 3.63) is 119 Å². The van der Waals surface area contributed by atoms with E-state index in [0.29, 0.717) is 0 Å². The minimum absolute atomic E-state index is 1.33. The van der Waals surface area contributed by atoms with Crippen LogP contribution >= 0.6 is 34.0 Å². The average Bonchev–Trinajstić information content (AvgIpc) is 3.69. The zero-order chi connectivity index (χ0) is 23.2. The van der Waals surface area contributed by atoms with Gasteiger partial charge in [0, 0.05) is 15.3 Å². The molecule has 166 valence electrons. The molecule has 0 amide bonds. The summed E-state index contributed by atoms with van der Waals surface area (Å²) in [5.41, 5.74) is 1.37. The summed E-state index contributed by atoms with van der Waals surface area (Å²) in [4.78, 5) is 4.13. The average molecular weight is 501 g/mol. The summed E-state index contributed by atoms with van der Waals surface area (Å²) in [5.74, 6) is 0. The van der Waals surface area contributed by atoms with E-state index in [9.17, 15) is 0 Å². The van der Waals surface area contributed by atoms with Gasteiger partial charge in [-0.05, 0) is 77.4 Å². The van der Waals surface area contributed by atoms with E-state index in [1.807, 2.05) is 22.7 Å². The maximum Gasteiger partial charge on any atom is 0.0529 e. The molecule has 0 saturated carbocycles. The molecule has 0 nitrogen and oxygen atoms in total. The van der Waals surface area contributed by atoms with Crippen molar-refractivity contribution in [2.45, 2.75) is 0 Å². The summed E-state index contributed by atoms with van der Waals surface area (Å²) in [7, 11) is 0. The van der Waals surface area contributed by atoms with Crippen molar-refractivity contribution >= 4 is 77.1 Å². The summed E-state index contributed by atoms with van der Waals surface area (Å²) >= 11 is 5.43. The lowest BCUT2D eigenvalue weighted by atomic mass is 9.90. The maximum absolute atomic E-state index is 2.25. The first kappa shape index (κ1) is 20.8. The number of benzene rings is 5. The lowest BCUT2D eigenvalue weighted by molar-refractivity contribution is 1.78. The van der Waals surface area contributed by atoms with Crippen molar-refractivity contribution in [3.8, 4) is 20.2 Å². The lowest BCUT2D eigenvalue weighted by Crippen LogP contribution is -1.85. The molecule has 0 spiro atoms. The van der Waals surface area contributed by atoms with E-state index < -0.39 is 0 Å². The molecule has 5 aromatic carbocycles. The molecule has 0 aliphatic rings. The van der Waals surface area contributed by atoms with Crippen LogP contribution in [0, 0.1) is 0 Å². The van der Waals surface area contributed by atoms with Crippen LogP contribution in [-0.2, 0) is 0 Å². The topological polar surface area (TPSA) is 0 Å². The van der Waals surface area contributed by atoms with Crippen LogP contribution in [-0.4, -0.2) is 0 Å². The molecule has 35 heavy (non-hydrogen) atoms. The van der Waals surface area contributed by atoms with Gasteiger partial charge in [-0.25, -0.2) is 0 Å². The van der Waals surface area contributed by atoms with E-state index in [1.54, 1.807) is 11.3 Å². The van der Waals surface area contributed by atoms with Gasteiger partial charge in [0.2, 0.25) is 0 Å². The molecule has 0 fully saturated rings. The van der Waals surface area contributed by atoms with Crippen molar-refractivity contribution in [3.63, 3.8) is 0 Å². The largest absolute Gasteiger partial charge is 0.144 e. The highest BCUT2D eigenvalue weighted by molar-refractivity contribution is 7.21. The molecule has 0 unspecified atom stereocenters. The molecule has 0 radical (unpaired) electrons. The molecule has 8 rings (SSSR count). The van der Waals surface area contributed by atoms with E-state index in [4.69, 9.17) is 0 Å². The van der Waals surface area contributed by atoms with E-state index in [1.165, 1.54) is 63.3 Å². The minimum atomic E-state index is 1.33. The molecule has 0 saturated heterocycles. The molecular formula is C32H20S3. The summed E-state index contributed by atoms with van der Waals surface area (Å²) in [6, 6.07) is 37.3. The zero-order valence-corrected chi connectivity index (χ0v) is 21.2. The molecule has 0 N–H and O–H groups in total. The second kappa shape index (κ2) is 8.62. The Kier molecular flexibility index (Phi) is 5.13. The van der Waals surface area contributed by atoms with Crippen LogP contribution in [0.4, 0.5) is 0 Å². The van der Waals surface area contributed by atoms with Crippen molar-refractivity contribution in [2.24, 2.45) is 0 Å². The van der Waals surface area contributed by atoms with Gasteiger partial charge in [-0.1, -0.05) is 84.9 Å². The number of hydrogen-bond acceptors (Lipinski definition) is 3. The summed E-state index contributed by atoms with van der Waals surface area (Å²) in [6.07, 6.45) is 0. The van der Waals surface area contributed by atoms with Crippen LogP contribution in [0.1, 0.15) is 0 Å². The second-order valence-corrected chi connectivity index (χ2v) is 11.3. The van der Waals surface area contributed by atoms with Crippen LogP contribution in [0.3, 0.4) is 0 Å². The molecule has 3 heterocycles. The fourth-order valence-electron chi connectivity index (χ4n) is 5.11. The predicted octanol–water partition coefficient (Wildman–Crippen LogP) is 10.9. The Balaban J connectivity index is 0.000000126. The molecule has 0 aliphatic carbocycles. The van der Waals surface area contributed by atoms with Crippen molar-refractivity contribution in [1.29, 1.82) is 0 Å². The highest BCUT2D eigenvalue weighted by atomic mass is 32.1. The first-order chi connectivity index (χ1) is 17.4. The highest BCUT2D eigenvalue weighted by Crippen LogP contribution is 2.41. The lowest BCUT2D eigenvalue weighted by Gasteiger charge is -2.13. The number of rotatable bonds is 2. The Bertz CT molecular complexity index is 1670. The van der Waals surface area contributed by atoms with Crippen LogP contribution in [0.15, 0.2) is 119 Å². The minimum Gasteiger partial charge on any atom is -0.144 e. The zero-order valence-electron chi connectivity index (χ0n) is 18.8. The highest BCUT2D eigenvalue weighted by Gasteiger charge is 2.12. The molecular weight excluding hydrogens is 481 g/mol. The van der Waals surface area contributed by atoms with E-state index >= 15 is 0 Å². The number of fused-ring (bicyclic) bond motifs is 2. The third-order valence-electron chi connectivity index (χ3n) is 6.59. The van der Waals surface area contributed by atoms with Gasteiger partial charge in [0.25, 0.3) is 0 Å². The molecule has 3 aromatic heterocycles. The molecule has 0 aliphatic heterocycles. The molecule has 3 heteroatoms. The van der Waals surface area contributed by atoms with E-state index in [-0.39, 0.29) is 0 Å². The van der Waals surface area contributed by atoms with Crippen LogP contribution in [0.25, 0.3) is 63.3 Å². The van der Waals surface area contributed by atoms with Crippen molar-refractivity contribution in [2.75, 3.05) is 0 Å². The maximum atomic E-state index is 2.25. The van der Waals surface area contributed by atoms with Crippen molar-refractivity contribution < 1.29 is 0 Å². The molecule has 8 aromatic rings. The SMILES string of the molecule is c1cc2cccc3c4cccc5cccc(c(c1)c23)c54.c1csc(-c2ccsc2-c2cccs2)c1. The Morgan fingerprint density at radius 1 is 0.371 bits per heavy atom. The fourth-order valence-corrected chi connectivity index (χ4v) is 7.73. The Hall–Kier alpha value is -3.50. The van der Waals surface area contributed by atoms with E-state index in [0.717, 1.165) is 0 Å². The summed E-state index contributed by atoms with van der Waals surface area (Å²) in [5, 5.41) is 17.3. The first-order valence-electron chi connectivity index (χ1n) is 11.6. The third-order valence-corrected chi connectivity index (χ3v) is 9.45. The number of thiophene rings is 3. The van der Waals surface area contributed by atoms with Gasteiger partial charge in [0.1, 0.15) is 0 Å². The van der Waals surface area contributed by atoms with Crippen LogP contribution in [0.5, 0.6) is 0 Å². The van der Waals surface area contributed by atoms with Crippen molar-refractivity contribution in [1.82, 2.24) is 0 Å². The Morgan fingerprint density at radius 2 is 0.857 bits per heavy atom. The Morgan fingerprint density at radius 3 is 1.31 bits per heavy atom. The van der Waals surface area contributed by atoms with Gasteiger partial charge in [0.05, 0.1) is 4.88 Å². The predicted molar refractivity (Wildman–Crippen MR) is 159 cm³/mol. The van der Waals surface area contributed by atoms with Crippen LogP contribution in [0.2, 0.25) is 0 Å². The van der Waals surface area contributed by atoms with Gasteiger partial charge in [-0.15, -0.1) is 34.0 Å².